The van der Waals surface area contributed by atoms with Crippen molar-refractivity contribution in [2.45, 2.75) is 11.9 Å². The average molecular weight is 382 g/mol. The second-order valence-corrected chi connectivity index (χ2v) is 7.73. The van der Waals surface area contributed by atoms with Crippen molar-refractivity contribution in [3.05, 3.63) is 52.2 Å². The van der Waals surface area contributed by atoms with Gasteiger partial charge in [-0.2, -0.15) is 13.2 Å². The van der Waals surface area contributed by atoms with Crippen LogP contribution in [0.15, 0.2) is 42.5 Å². The second-order valence-electron chi connectivity index (χ2n) is 4.63. The first kappa shape index (κ1) is 18.6. The van der Waals surface area contributed by atoms with Crippen molar-refractivity contribution in [1.82, 2.24) is 0 Å². The van der Waals surface area contributed by atoms with E-state index in [9.17, 15) is 30.0 Å². The lowest BCUT2D eigenvalue weighted by Crippen LogP contribution is -2.25. The highest BCUT2D eigenvalue weighted by molar-refractivity contribution is 8.10. The number of hydrogen-bond acceptors (Lipinski definition) is 5. The monoisotopic (exact) mass is 382 g/mol. The standard InChI is InChI=1S/C13H11F3NO5S2/c14-13(15,16)23(18,19)17-24(20,21)22-9-8-11-6-3-5-10-4-1-2-7-12(10)11/h1-7H,8-9H2/q-1. The molecular formula is C13H11F3NO5S2-. The van der Waals surface area contributed by atoms with Gasteiger partial charge in [-0.25, -0.2) is 16.8 Å². The summed E-state index contributed by atoms with van der Waals surface area (Å²) >= 11 is 0. The number of rotatable bonds is 6. The molecule has 2 aromatic carbocycles. The first-order valence-electron chi connectivity index (χ1n) is 6.43. The van der Waals surface area contributed by atoms with Crippen LogP contribution >= 0.6 is 0 Å². The second kappa shape index (κ2) is 6.67. The predicted octanol–water partition coefficient (Wildman–Crippen LogP) is 2.87. The molecule has 0 spiro atoms. The number of hydrogen-bond donors (Lipinski definition) is 0. The molecule has 0 aliphatic carbocycles. The fourth-order valence-corrected chi connectivity index (χ4v) is 3.72. The van der Waals surface area contributed by atoms with Crippen molar-refractivity contribution in [3.63, 3.8) is 0 Å². The molecule has 2 rings (SSSR count). The molecule has 0 bridgehead atoms. The molecular weight excluding hydrogens is 371 g/mol. The van der Waals surface area contributed by atoms with Crippen LogP contribution in [0, 0.1) is 0 Å². The maximum Gasteiger partial charge on any atom is 0.480 e. The maximum atomic E-state index is 12.1. The first-order chi connectivity index (χ1) is 11.0. The third-order valence-corrected chi connectivity index (χ3v) is 5.53. The van der Waals surface area contributed by atoms with Gasteiger partial charge in [-0.15, -0.1) is 0 Å². The van der Waals surface area contributed by atoms with E-state index in [2.05, 4.69) is 4.18 Å². The van der Waals surface area contributed by atoms with Gasteiger partial charge >= 0.3 is 5.51 Å². The highest BCUT2D eigenvalue weighted by Gasteiger charge is 2.40. The Bertz CT molecular complexity index is 934. The topological polar surface area (TPSA) is 91.6 Å². The Labute approximate surface area is 136 Å². The third kappa shape index (κ3) is 4.44. The van der Waals surface area contributed by atoms with Gasteiger partial charge < -0.3 is 4.13 Å². The van der Waals surface area contributed by atoms with Gasteiger partial charge in [0.05, 0.1) is 6.61 Å². The highest BCUT2D eigenvalue weighted by Crippen LogP contribution is 2.30. The minimum atomic E-state index is -6.17. The zero-order valence-electron chi connectivity index (χ0n) is 11.9. The summed E-state index contributed by atoms with van der Waals surface area (Å²) in [5, 5.41) is 1.71. The summed E-state index contributed by atoms with van der Waals surface area (Å²) in [5.41, 5.74) is -5.11. The van der Waals surface area contributed by atoms with Gasteiger partial charge in [-0.1, -0.05) is 42.5 Å². The van der Waals surface area contributed by atoms with Crippen molar-refractivity contribution >= 4 is 31.1 Å². The number of alkyl halides is 3. The van der Waals surface area contributed by atoms with Crippen molar-refractivity contribution in [1.29, 1.82) is 0 Å². The molecule has 24 heavy (non-hydrogen) atoms. The molecule has 0 aromatic heterocycles. The lowest BCUT2D eigenvalue weighted by atomic mass is 10.0. The number of fused-ring (bicyclic) bond motifs is 1. The van der Waals surface area contributed by atoms with E-state index in [1.807, 2.05) is 18.2 Å². The van der Waals surface area contributed by atoms with Crippen molar-refractivity contribution in [2.75, 3.05) is 6.61 Å². The molecule has 0 heterocycles. The van der Waals surface area contributed by atoms with E-state index < -0.39 is 32.4 Å². The molecule has 0 saturated carbocycles. The molecule has 0 saturated heterocycles. The summed E-state index contributed by atoms with van der Waals surface area (Å²) in [6.07, 6.45) is 0.0438. The molecule has 0 fully saturated rings. The van der Waals surface area contributed by atoms with Crippen LogP contribution in [0.2, 0.25) is 0 Å². The minimum Gasteiger partial charge on any atom is -0.404 e. The smallest absolute Gasteiger partial charge is 0.404 e. The van der Waals surface area contributed by atoms with Crippen LogP contribution in [-0.4, -0.2) is 29.0 Å². The van der Waals surface area contributed by atoms with Crippen molar-refractivity contribution in [3.8, 4) is 0 Å². The normalized spacial score (nSPS) is 13.3. The Kier molecular flexibility index (Phi) is 5.18. The molecule has 2 aromatic rings. The summed E-state index contributed by atoms with van der Waals surface area (Å²) in [4.78, 5) is 0. The van der Waals surface area contributed by atoms with Crippen LogP contribution < -0.4 is 0 Å². The summed E-state index contributed by atoms with van der Waals surface area (Å²) < 4.78 is 86.4. The van der Waals surface area contributed by atoms with E-state index in [1.165, 1.54) is 0 Å². The van der Waals surface area contributed by atoms with Gasteiger partial charge in [0.1, 0.15) is 0 Å². The van der Waals surface area contributed by atoms with E-state index in [0.29, 0.717) is 5.56 Å². The quantitative estimate of drug-likeness (QED) is 0.766. The van der Waals surface area contributed by atoms with E-state index in [0.717, 1.165) is 10.8 Å². The van der Waals surface area contributed by atoms with Gasteiger partial charge in [-0.05, 0) is 22.8 Å². The van der Waals surface area contributed by atoms with Crippen LogP contribution in [0.4, 0.5) is 13.2 Å². The molecule has 11 heteroatoms. The molecule has 132 valence electrons. The van der Waals surface area contributed by atoms with E-state index in [4.69, 9.17) is 0 Å². The van der Waals surface area contributed by atoms with E-state index in [-0.39, 0.29) is 6.42 Å². The van der Waals surface area contributed by atoms with Gasteiger partial charge in [0.15, 0.2) is 10.0 Å². The Morgan fingerprint density at radius 2 is 1.58 bits per heavy atom. The Morgan fingerprint density at radius 3 is 2.25 bits per heavy atom. The molecule has 0 radical (unpaired) electrons. The molecule has 0 N–H and O–H groups in total. The molecule has 0 atom stereocenters. The fraction of sp³-hybridized carbons (Fsp3) is 0.231. The summed E-state index contributed by atoms with van der Waals surface area (Å²) in [5.74, 6) is 0. The average Bonchev–Trinajstić information content (AvgIpc) is 2.45. The third-order valence-electron chi connectivity index (χ3n) is 2.97. The maximum absolute atomic E-state index is 12.1. The number of sulfonamides is 1. The molecule has 0 unspecified atom stereocenters. The zero-order chi connectivity index (χ0) is 18.0. The lowest BCUT2D eigenvalue weighted by molar-refractivity contribution is -0.0425. The minimum absolute atomic E-state index is 0.0438. The Balaban J connectivity index is 2.06. The summed E-state index contributed by atoms with van der Waals surface area (Å²) in [7, 11) is -11.4. The predicted molar refractivity (Wildman–Crippen MR) is 80.9 cm³/mol. The van der Waals surface area contributed by atoms with Crippen LogP contribution in [-0.2, 0) is 30.9 Å². The van der Waals surface area contributed by atoms with Gasteiger partial charge in [0.2, 0.25) is 10.3 Å². The van der Waals surface area contributed by atoms with Crippen LogP contribution in [0.1, 0.15) is 5.56 Å². The molecule has 0 aliphatic rings. The number of benzene rings is 2. The molecule has 0 aliphatic heterocycles. The SMILES string of the molecule is O=S(=O)([N-]S(=O)(=O)C(F)(F)F)OCCc1cccc2ccccc12. The number of nitrogens with zero attached hydrogens (tertiary/aromatic N) is 1. The highest BCUT2D eigenvalue weighted by atomic mass is 32.3. The molecule has 6 nitrogen and oxygen atoms in total. The first-order valence-corrected chi connectivity index (χ1v) is 9.24. The van der Waals surface area contributed by atoms with Crippen LogP contribution in [0.5, 0.6) is 0 Å². The van der Waals surface area contributed by atoms with Gasteiger partial charge in [0.25, 0.3) is 0 Å². The summed E-state index contributed by atoms with van der Waals surface area (Å²) in [6.45, 7) is -0.548. The zero-order valence-corrected chi connectivity index (χ0v) is 13.5. The van der Waals surface area contributed by atoms with Crippen LogP contribution in [0.25, 0.3) is 14.9 Å². The Hall–Kier alpha value is -1.69. The largest absolute Gasteiger partial charge is 0.480 e. The van der Waals surface area contributed by atoms with E-state index >= 15 is 0 Å². The van der Waals surface area contributed by atoms with E-state index in [1.54, 1.807) is 28.4 Å². The Morgan fingerprint density at radius 1 is 0.958 bits per heavy atom. The van der Waals surface area contributed by atoms with Crippen molar-refractivity contribution in [2.24, 2.45) is 0 Å². The number of halogens is 3. The van der Waals surface area contributed by atoms with Crippen molar-refractivity contribution < 1.29 is 34.2 Å². The fourth-order valence-electron chi connectivity index (χ4n) is 1.95. The summed E-state index contributed by atoms with van der Waals surface area (Å²) in [6, 6.07) is 12.5. The molecule has 0 amide bonds. The lowest BCUT2D eigenvalue weighted by Gasteiger charge is -2.21. The van der Waals surface area contributed by atoms with Gasteiger partial charge in [0, 0.05) is 0 Å². The van der Waals surface area contributed by atoms with Crippen LogP contribution in [0.3, 0.4) is 0 Å². The van der Waals surface area contributed by atoms with Gasteiger partial charge in [-0.3, -0.25) is 4.18 Å².